The zero-order valence-electron chi connectivity index (χ0n) is 15.0. The topological polar surface area (TPSA) is 66.8 Å². The number of carboxylic acids is 1. The van der Waals surface area contributed by atoms with Crippen LogP contribution in [0.5, 0.6) is 0 Å². The molecule has 0 spiro atoms. The van der Waals surface area contributed by atoms with Crippen LogP contribution < -0.4 is 0 Å². The lowest BCUT2D eigenvalue weighted by Crippen LogP contribution is -2.43. The fourth-order valence-electron chi connectivity index (χ4n) is 3.11. The maximum atomic E-state index is 13.2. The predicted molar refractivity (Wildman–Crippen MR) is 92.9 cm³/mol. The van der Waals surface area contributed by atoms with E-state index in [4.69, 9.17) is 9.84 Å². The van der Waals surface area contributed by atoms with Gasteiger partial charge in [-0.15, -0.1) is 0 Å². The molecule has 0 unspecified atom stereocenters. The van der Waals surface area contributed by atoms with E-state index in [-0.39, 0.29) is 30.1 Å². The number of hydrogen-bond donors (Lipinski definition) is 1. The van der Waals surface area contributed by atoms with E-state index in [2.05, 4.69) is 0 Å². The van der Waals surface area contributed by atoms with Crippen molar-refractivity contribution in [3.8, 4) is 0 Å². The van der Waals surface area contributed by atoms with E-state index in [1.807, 2.05) is 0 Å². The molecular weight excluding hydrogens is 363 g/mol. The van der Waals surface area contributed by atoms with E-state index in [1.165, 1.54) is 30.0 Å². The van der Waals surface area contributed by atoms with Gasteiger partial charge in [0, 0.05) is 31.9 Å². The largest absolute Gasteiger partial charge is 0.481 e. The van der Waals surface area contributed by atoms with E-state index in [0.29, 0.717) is 26.1 Å². The summed E-state index contributed by atoms with van der Waals surface area (Å²) in [6.07, 6.45) is -2.47. The molecule has 1 heterocycles. The first-order chi connectivity index (χ1) is 12.7. The molecule has 1 aromatic rings. The predicted octanol–water partition coefficient (Wildman–Crippen LogP) is 3.59. The Bertz CT molecular complexity index is 709. The van der Waals surface area contributed by atoms with Gasteiger partial charge in [-0.1, -0.05) is 18.2 Å². The maximum Gasteiger partial charge on any atom is 0.416 e. The van der Waals surface area contributed by atoms with Gasteiger partial charge in [0.2, 0.25) is 5.91 Å². The summed E-state index contributed by atoms with van der Waals surface area (Å²) in [4.78, 5) is 25.1. The van der Waals surface area contributed by atoms with Crippen LogP contribution in [0.2, 0.25) is 0 Å². The molecule has 1 aliphatic heterocycles. The van der Waals surface area contributed by atoms with Crippen molar-refractivity contribution in [1.29, 1.82) is 0 Å². The number of rotatable bonds is 6. The van der Waals surface area contributed by atoms with Gasteiger partial charge in [-0.3, -0.25) is 9.59 Å². The van der Waals surface area contributed by atoms with Gasteiger partial charge in [-0.25, -0.2) is 0 Å². The minimum Gasteiger partial charge on any atom is -0.481 e. The molecule has 1 N–H and O–H groups in total. The van der Waals surface area contributed by atoms with Gasteiger partial charge in [0.25, 0.3) is 0 Å². The molecule has 0 atom stereocenters. The van der Waals surface area contributed by atoms with Crippen LogP contribution >= 0.6 is 0 Å². The second kappa shape index (κ2) is 9.03. The highest BCUT2D eigenvalue weighted by Gasteiger charge is 2.33. The molecule has 0 aliphatic carbocycles. The first kappa shape index (κ1) is 21.0. The Morgan fingerprint density at radius 3 is 2.48 bits per heavy atom. The molecule has 0 saturated carbocycles. The van der Waals surface area contributed by atoms with Crippen molar-refractivity contribution in [2.45, 2.75) is 38.4 Å². The summed E-state index contributed by atoms with van der Waals surface area (Å²) in [5, 5.41) is 8.93. The number of aliphatic carboxylic acids is 1. The minimum atomic E-state index is -4.53. The Morgan fingerprint density at radius 1 is 1.26 bits per heavy atom. The zero-order chi connectivity index (χ0) is 20.0. The molecule has 1 fully saturated rings. The third-order valence-electron chi connectivity index (χ3n) is 4.48. The molecule has 148 valence electrons. The highest BCUT2D eigenvalue weighted by Crippen LogP contribution is 2.34. The summed E-state index contributed by atoms with van der Waals surface area (Å²) in [5.41, 5.74) is -0.696. The van der Waals surface area contributed by atoms with E-state index in [0.717, 1.165) is 12.1 Å². The van der Waals surface area contributed by atoms with Gasteiger partial charge in [-0.05, 0) is 37.0 Å². The van der Waals surface area contributed by atoms with Crippen molar-refractivity contribution in [3.63, 3.8) is 0 Å². The minimum absolute atomic E-state index is 0.00350. The summed E-state index contributed by atoms with van der Waals surface area (Å²) < 4.78 is 44.9. The van der Waals surface area contributed by atoms with Crippen molar-refractivity contribution in [2.24, 2.45) is 0 Å². The molecule has 27 heavy (non-hydrogen) atoms. The standard InChI is InChI=1S/C19H22F3NO4/c1-13(15-4-2-3-5-16(15)19(20,21)22)12-17(24)23(9-6-18(25)26)14-7-10-27-11-8-14/h2-5,12,14H,6-11H2,1H3,(H,25,26)/b13-12-. The number of nitrogens with zero attached hydrogens (tertiary/aromatic N) is 1. The number of halogens is 3. The van der Waals surface area contributed by atoms with Crippen molar-refractivity contribution >= 4 is 17.4 Å². The monoisotopic (exact) mass is 385 g/mol. The lowest BCUT2D eigenvalue weighted by molar-refractivity contribution is -0.139. The summed E-state index contributed by atoms with van der Waals surface area (Å²) in [5.74, 6) is -1.53. The van der Waals surface area contributed by atoms with Crippen LogP contribution in [0.15, 0.2) is 30.3 Å². The fourth-order valence-corrected chi connectivity index (χ4v) is 3.11. The molecule has 0 bridgehead atoms. The lowest BCUT2D eigenvalue weighted by Gasteiger charge is -2.33. The quantitative estimate of drug-likeness (QED) is 0.760. The normalized spacial score (nSPS) is 16.2. The Kier molecular flexibility index (Phi) is 7.01. The Balaban J connectivity index is 2.28. The molecule has 0 aromatic heterocycles. The SMILES string of the molecule is C/C(=C/C(=O)N(CCC(=O)O)C1CCOCC1)c1ccccc1C(F)(F)F. The van der Waals surface area contributed by atoms with E-state index in [1.54, 1.807) is 0 Å². The van der Waals surface area contributed by atoms with Crippen LogP contribution in [0, 0.1) is 0 Å². The zero-order valence-corrected chi connectivity index (χ0v) is 15.0. The van der Waals surface area contributed by atoms with Crippen LogP contribution in [-0.4, -0.2) is 47.7 Å². The van der Waals surface area contributed by atoms with E-state index in [9.17, 15) is 22.8 Å². The Morgan fingerprint density at radius 2 is 1.89 bits per heavy atom. The van der Waals surface area contributed by atoms with Gasteiger partial charge < -0.3 is 14.7 Å². The van der Waals surface area contributed by atoms with Crippen LogP contribution in [0.4, 0.5) is 13.2 Å². The van der Waals surface area contributed by atoms with Gasteiger partial charge >= 0.3 is 12.1 Å². The Labute approximate surface area is 155 Å². The van der Waals surface area contributed by atoms with Crippen LogP contribution in [0.3, 0.4) is 0 Å². The first-order valence-corrected chi connectivity index (χ1v) is 8.65. The summed E-state index contributed by atoms with van der Waals surface area (Å²) in [6.45, 7) is 2.37. The van der Waals surface area contributed by atoms with Gasteiger partial charge in [-0.2, -0.15) is 13.2 Å². The second-order valence-corrected chi connectivity index (χ2v) is 6.39. The Hall–Kier alpha value is -2.35. The van der Waals surface area contributed by atoms with Crippen LogP contribution in [0.25, 0.3) is 5.57 Å². The maximum absolute atomic E-state index is 13.2. The molecule has 1 aliphatic rings. The third kappa shape index (κ3) is 5.82. The van der Waals surface area contributed by atoms with E-state index >= 15 is 0 Å². The molecule has 2 rings (SSSR count). The van der Waals surface area contributed by atoms with Gasteiger partial charge in [0.05, 0.1) is 12.0 Å². The number of ether oxygens (including phenoxy) is 1. The molecule has 1 amide bonds. The van der Waals surface area contributed by atoms with Gasteiger partial charge in [0.15, 0.2) is 0 Å². The first-order valence-electron chi connectivity index (χ1n) is 8.65. The molecule has 1 aromatic carbocycles. The van der Waals surface area contributed by atoms with Crippen molar-refractivity contribution in [3.05, 3.63) is 41.5 Å². The molecular formula is C19H22F3NO4. The lowest BCUT2D eigenvalue weighted by atomic mass is 9.99. The van der Waals surface area contributed by atoms with Crippen molar-refractivity contribution < 1.29 is 32.6 Å². The number of carbonyl (C=O) groups is 2. The van der Waals surface area contributed by atoms with E-state index < -0.39 is 23.6 Å². The third-order valence-corrected chi connectivity index (χ3v) is 4.48. The highest BCUT2D eigenvalue weighted by molar-refractivity contribution is 5.95. The average molecular weight is 385 g/mol. The summed E-state index contributed by atoms with van der Waals surface area (Å²) in [7, 11) is 0. The number of allylic oxidation sites excluding steroid dienone is 1. The van der Waals surface area contributed by atoms with Crippen molar-refractivity contribution in [1.82, 2.24) is 4.90 Å². The second-order valence-electron chi connectivity index (χ2n) is 6.39. The number of carboxylic acid groups (broad SMARTS) is 1. The number of benzene rings is 1. The fraction of sp³-hybridized carbons (Fsp3) is 0.474. The number of amides is 1. The molecule has 1 saturated heterocycles. The average Bonchev–Trinajstić information content (AvgIpc) is 2.61. The highest BCUT2D eigenvalue weighted by atomic mass is 19.4. The number of hydrogen-bond acceptors (Lipinski definition) is 3. The molecule has 0 radical (unpaired) electrons. The smallest absolute Gasteiger partial charge is 0.416 e. The summed E-state index contributed by atoms with van der Waals surface area (Å²) >= 11 is 0. The molecule has 5 nitrogen and oxygen atoms in total. The van der Waals surface area contributed by atoms with Crippen molar-refractivity contribution in [2.75, 3.05) is 19.8 Å². The number of alkyl halides is 3. The van der Waals surface area contributed by atoms with Crippen LogP contribution in [-0.2, 0) is 20.5 Å². The number of carbonyl (C=O) groups excluding carboxylic acids is 1. The summed E-state index contributed by atoms with van der Waals surface area (Å²) in [6, 6.07) is 4.87. The van der Waals surface area contributed by atoms with Gasteiger partial charge in [0.1, 0.15) is 0 Å². The van der Waals surface area contributed by atoms with Crippen LogP contribution in [0.1, 0.15) is 37.3 Å². The molecule has 8 heteroatoms.